The van der Waals surface area contributed by atoms with Crippen LogP contribution in [-0.4, -0.2) is 82.5 Å². The SMILES string of the molecule is COc1cc(NC(=O)C(C(C(=O)Nc2ccc(C)cc2C)N2C(=O)C(c3ccc(F)cc3)=NC23CCCCCC3)N2C(=O)C(c3ccc(F)cc3)=NC23CCCCCC3)cc(OC)c1. The number of aryl methyl sites for hydroxylation is 2. The average Bonchev–Trinajstić information content (AvgIpc) is 3.46. The van der Waals surface area contributed by atoms with Crippen LogP contribution in [0, 0.1) is 25.5 Å². The molecule has 0 aromatic heterocycles. The number of nitrogens with one attached hydrogen (secondary N) is 2. The van der Waals surface area contributed by atoms with E-state index in [9.17, 15) is 8.78 Å². The standard InChI is InChI=1S/C50H54F2N6O6/c1-31-13-22-40(32(2)27-31)54-46(60)44(58-48(62)42(34-16-20-36(52)21-17-34)56-50(58)25-11-7-8-12-26-50)43(45(59)53-37-28-38(63-3)30-39(29-37)64-4)57-47(61)41(33-14-18-35(51)19-15-33)55-49(57)23-9-5-6-10-24-49/h13-22,27-30,43-44H,5-12,23-26H2,1-4H3,(H,53,59)(H,54,60). The second-order valence-corrected chi connectivity index (χ2v) is 17.4. The number of methoxy groups -OCH3 is 2. The van der Waals surface area contributed by atoms with E-state index < -0.39 is 58.7 Å². The summed E-state index contributed by atoms with van der Waals surface area (Å²) >= 11 is 0. The second-order valence-electron chi connectivity index (χ2n) is 17.4. The highest BCUT2D eigenvalue weighted by Gasteiger charge is 2.61. The summed E-state index contributed by atoms with van der Waals surface area (Å²) in [6.07, 6.45) is 7.54. The Labute approximate surface area is 372 Å². The van der Waals surface area contributed by atoms with E-state index in [1.165, 1.54) is 72.6 Å². The van der Waals surface area contributed by atoms with Gasteiger partial charge < -0.3 is 20.1 Å². The number of ether oxygens (including phenoxy) is 2. The van der Waals surface area contributed by atoms with Crippen molar-refractivity contribution in [3.05, 3.63) is 119 Å². The molecule has 14 heteroatoms. The van der Waals surface area contributed by atoms with Crippen LogP contribution in [0.3, 0.4) is 0 Å². The molecule has 2 aliphatic heterocycles. The summed E-state index contributed by atoms with van der Waals surface area (Å²) in [6, 6.07) is 17.9. The molecule has 4 aromatic rings. The molecule has 4 aromatic carbocycles. The van der Waals surface area contributed by atoms with Crippen molar-refractivity contribution >= 4 is 46.4 Å². The van der Waals surface area contributed by atoms with E-state index in [1.807, 2.05) is 26.0 Å². The van der Waals surface area contributed by atoms with Gasteiger partial charge in [0.15, 0.2) is 0 Å². The van der Waals surface area contributed by atoms with Gasteiger partial charge >= 0.3 is 0 Å². The summed E-state index contributed by atoms with van der Waals surface area (Å²) in [6.45, 7) is 3.79. The summed E-state index contributed by atoms with van der Waals surface area (Å²) < 4.78 is 39.9. The van der Waals surface area contributed by atoms with Crippen LogP contribution in [0.1, 0.15) is 99.3 Å². The quantitative estimate of drug-likeness (QED) is 0.155. The minimum Gasteiger partial charge on any atom is -0.497 e. The molecular weight excluding hydrogens is 819 g/mol. The van der Waals surface area contributed by atoms with Gasteiger partial charge in [0.2, 0.25) is 11.8 Å². The molecule has 2 fully saturated rings. The zero-order valence-electron chi connectivity index (χ0n) is 36.7. The summed E-state index contributed by atoms with van der Waals surface area (Å²) in [5.41, 5.74) is 0.532. The number of hydrogen-bond acceptors (Lipinski definition) is 8. The third kappa shape index (κ3) is 8.61. The lowest BCUT2D eigenvalue weighted by Gasteiger charge is -2.48. The highest BCUT2D eigenvalue weighted by atomic mass is 19.1. The molecular formula is C50H54F2N6O6. The molecule has 2 saturated carbocycles. The predicted molar refractivity (Wildman–Crippen MR) is 241 cm³/mol. The Bertz CT molecular complexity index is 2470. The van der Waals surface area contributed by atoms with Crippen LogP contribution < -0.4 is 20.1 Å². The fraction of sp³-hybridized carbons (Fsp3) is 0.400. The first-order valence-electron chi connectivity index (χ1n) is 22.2. The monoisotopic (exact) mass is 872 g/mol. The second kappa shape index (κ2) is 18.3. The zero-order chi connectivity index (χ0) is 45.2. The van der Waals surface area contributed by atoms with Crippen molar-refractivity contribution in [2.45, 2.75) is 114 Å². The van der Waals surface area contributed by atoms with Gasteiger partial charge in [0.1, 0.15) is 58.0 Å². The summed E-state index contributed by atoms with van der Waals surface area (Å²) in [7, 11) is 2.96. The van der Waals surface area contributed by atoms with E-state index in [-0.39, 0.29) is 17.1 Å². The number of aliphatic imine (C=N–C) groups is 2. The van der Waals surface area contributed by atoms with Crippen molar-refractivity contribution in [2.75, 3.05) is 24.9 Å². The van der Waals surface area contributed by atoms with Crippen LogP contribution in [0.5, 0.6) is 11.5 Å². The Hall–Kier alpha value is -6.44. The van der Waals surface area contributed by atoms with Gasteiger partial charge in [0.25, 0.3) is 11.8 Å². The van der Waals surface area contributed by atoms with Crippen LogP contribution in [0.4, 0.5) is 20.2 Å². The summed E-state index contributed by atoms with van der Waals surface area (Å²) in [4.78, 5) is 76.1. The van der Waals surface area contributed by atoms with Gasteiger partial charge in [-0.1, -0.05) is 43.4 Å². The van der Waals surface area contributed by atoms with Crippen molar-refractivity contribution in [2.24, 2.45) is 9.98 Å². The molecule has 0 saturated heterocycles. The van der Waals surface area contributed by atoms with Gasteiger partial charge in [-0.3, -0.25) is 39.0 Å². The Morgan fingerprint density at radius 3 is 1.42 bits per heavy atom. The number of nitrogens with zero attached hydrogens (tertiary/aromatic N) is 4. The molecule has 12 nitrogen and oxygen atoms in total. The first kappa shape index (κ1) is 44.2. The van der Waals surface area contributed by atoms with Crippen LogP contribution in [0.25, 0.3) is 0 Å². The normalized spacial score (nSPS) is 19.1. The van der Waals surface area contributed by atoms with Crippen LogP contribution in [-0.2, 0) is 19.2 Å². The number of carbonyl (C=O) groups is 4. The highest BCUT2D eigenvalue weighted by Crippen LogP contribution is 2.46. The molecule has 334 valence electrons. The predicted octanol–water partition coefficient (Wildman–Crippen LogP) is 8.68. The number of halogens is 2. The first-order chi connectivity index (χ1) is 30.8. The average molecular weight is 873 g/mol. The lowest BCUT2D eigenvalue weighted by atomic mass is 9.90. The Morgan fingerprint density at radius 2 is 1.02 bits per heavy atom. The van der Waals surface area contributed by atoms with Gasteiger partial charge in [0.05, 0.1) is 14.2 Å². The van der Waals surface area contributed by atoms with E-state index in [0.29, 0.717) is 79.7 Å². The van der Waals surface area contributed by atoms with E-state index in [1.54, 1.807) is 24.3 Å². The highest BCUT2D eigenvalue weighted by molar-refractivity contribution is 6.48. The molecule has 0 radical (unpaired) electrons. The third-order valence-electron chi connectivity index (χ3n) is 13.1. The van der Waals surface area contributed by atoms with E-state index in [0.717, 1.165) is 36.8 Å². The summed E-state index contributed by atoms with van der Waals surface area (Å²) in [5, 5.41) is 6.10. The van der Waals surface area contributed by atoms with Crippen molar-refractivity contribution < 1.29 is 37.4 Å². The molecule has 8 rings (SSSR count). The van der Waals surface area contributed by atoms with Gasteiger partial charge in [-0.25, -0.2) is 8.78 Å². The molecule has 0 bridgehead atoms. The molecule has 4 aliphatic rings. The van der Waals surface area contributed by atoms with Crippen LogP contribution >= 0.6 is 0 Å². The van der Waals surface area contributed by atoms with Gasteiger partial charge in [0, 0.05) is 40.7 Å². The Balaban J connectivity index is 1.38. The Kier molecular flexibility index (Phi) is 12.7. The topological polar surface area (TPSA) is 142 Å². The third-order valence-corrected chi connectivity index (χ3v) is 13.1. The molecule has 2 N–H and O–H groups in total. The van der Waals surface area contributed by atoms with E-state index in [2.05, 4.69) is 10.6 Å². The molecule has 64 heavy (non-hydrogen) atoms. The minimum absolute atomic E-state index is 0.0245. The van der Waals surface area contributed by atoms with Crippen molar-refractivity contribution in [3.8, 4) is 11.5 Å². The first-order valence-corrected chi connectivity index (χ1v) is 22.2. The maximum atomic E-state index is 15.9. The summed E-state index contributed by atoms with van der Waals surface area (Å²) in [5.74, 6) is -2.99. The van der Waals surface area contributed by atoms with E-state index >= 15 is 19.2 Å². The maximum Gasteiger partial charge on any atom is 0.275 e. The number of carbonyl (C=O) groups excluding carboxylic acids is 4. The zero-order valence-corrected chi connectivity index (χ0v) is 36.7. The number of benzene rings is 4. The number of amides is 4. The number of anilines is 2. The lowest BCUT2D eigenvalue weighted by Crippen LogP contribution is -2.70. The van der Waals surface area contributed by atoms with Gasteiger partial charge in [-0.15, -0.1) is 0 Å². The smallest absolute Gasteiger partial charge is 0.275 e. The largest absolute Gasteiger partial charge is 0.497 e. The molecule has 2 atom stereocenters. The molecule has 4 amide bonds. The van der Waals surface area contributed by atoms with Gasteiger partial charge in [-0.2, -0.15) is 0 Å². The number of rotatable bonds is 11. The molecule has 2 spiro atoms. The van der Waals surface area contributed by atoms with Crippen molar-refractivity contribution in [1.29, 1.82) is 0 Å². The fourth-order valence-corrected chi connectivity index (χ4v) is 9.94. The number of hydrogen-bond donors (Lipinski definition) is 2. The van der Waals surface area contributed by atoms with Crippen LogP contribution in [0.15, 0.2) is 94.9 Å². The van der Waals surface area contributed by atoms with E-state index in [4.69, 9.17) is 19.5 Å². The molecule has 2 unspecified atom stereocenters. The fourth-order valence-electron chi connectivity index (χ4n) is 9.94. The van der Waals surface area contributed by atoms with Crippen LogP contribution in [0.2, 0.25) is 0 Å². The maximum absolute atomic E-state index is 15.9. The molecule has 2 heterocycles. The Morgan fingerprint density at radius 1 is 0.594 bits per heavy atom. The van der Waals surface area contributed by atoms with Crippen molar-refractivity contribution in [3.63, 3.8) is 0 Å². The van der Waals surface area contributed by atoms with Crippen molar-refractivity contribution in [1.82, 2.24) is 9.80 Å². The molecule has 2 aliphatic carbocycles. The minimum atomic E-state index is -1.72. The lowest BCUT2D eigenvalue weighted by molar-refractivity contribution is -0.153. The van der Waals surface area contributed by atoms with Gasteiger partial charge in [-0.05, 0) is 125 Å².